The van der Waals surface area contributed by atoms with Crippen molar-refractivity contribution in [3.63, 3.8) is 0 Å². The molecule has 98 valence electrons. The molecule has 2 aromatic carbocycles. The molecule has 2 aromatic rings. The van der Waals surface area contributed by atoms with Gasteiger partial charge in [0.25, 0.3) is 0 Å². The van der Waals surface area contributed by atoms with E-state index in [1.165, 1.54) is 6.07 Å². The topological polar surface area (TPSA) is 57.5 Å². The van der Waals surface area contributed by atoms with Crippen molar-refractivity contribution in [3.05, 3.63) is 65.7 Å². The number of hydrogen-bond donors (Lipinski definition) is 2. The quantitative estimate of drug-likeness (QED) is 0.827. The zero-order chi connectivity index (χ0) is 13.8. The summed E-state index contributed by atoms with van der Waals surface area (Å²) in [6, 6.07) is 15.4. The number of rotatable bonds is 4. The Bertz CT molecular complexity index is 563. The molecule has 19 heavy (non-hydrogen) atoms. The number of para-hydroxylation sites is 1. The fourth-order valence-corrected chi connectivity index (χ4v) is 2.02. The molecule has 0 aliphatic rings. The van der Waals surface area contributed by atoms with E-state index < -0.39 is 12.0 Å². The lowest BCUT2D eigenvalue weighted by molar-refractivity contribution is 0.0708. The van der Waals surface area contributed by atoms with Crippen LogP contribution in [0.15, 0.2) is 54.6 Å². The van der Waals surface area contributed by atoms with Crippen molar-refractivity contribution in [1.29, 1.82) is 0 Å². The van der Waals surface area contributed by atoms with Gasteiger partial charge in [-0.3, -0.25) is 4.79 Å². The summed E-state index contributed by atoms with van der Waals surface area (Å²) in [6.45, 7) is 1.66. The molecule has 0 unspecified atom stereocenters. The van der Waals surface area contributed by atoms with Gasteiger partial charge in [0.05, 0.1) is 6.10 Å². The molecule has 3 heteroatoms. The molecule has 2 rings (SSSR count). The average molecular weight is 256 g/mol. The Kier molecular flexibility index (Phi) is 3.97. The second kappa shape index (κ2) is 5.67. The van der Waals surface area contributed by atoms with Crippen LogP contribution in [0.3, 0.4) is 0 Å². The van der Waals surface area contributed by atoms with Crippen LogP contribution in [0.2, 0.25) is 0 Å². The minimum atomic E-state index is -1.02. The largest absolute Gasteiger partial charge is 0.508 e. The van der Waals surface area contributed by atoms with Gasteiger partial charge in [-0.2, -0.15) is 0 Å². The Morgan fingerprint density at radius 3 is 2.21 bits per heavy atom. The van der Waals surface area contributed by atoms with Gasteiger partial charge in [0.2, 0.25) is 0 Å². The third-order valence-corrected chi connectivity index (χ3v) is 3.20. The van der Waals surface area contributed by atoms with Crippen molar-refractivity contribution >= 4 is 5.78 Å². The number of Topliss-reactive ketones (excluding diaryl/α,β-unsaturated/α-hetero) is 1. The Hall–Kier alpha value is -2.13. The molecule has 0 fully saturated rings. The lowest BCUT2D eigenvalue weighted by Gasteiger charge is -2.19. The summed E-state index contributed by atoms with van der Waals surface area (Å²) >= 11 is 0. The number of phenolic OH excluding ortho intramolecular Hbond substituents is 1. The van der Waals surface area contributed by atoms with Gasteiger partial charge in [0, 0.05) is 17.0 Å². The molecular weight excluding hydrogens is 240 g/mol. The van der Waals surface area contributed by atoms with Gasteiger partial charge in [0.1, 0.15) is 5.75 Å². The van der Waals surface area contributed by atoms with Crippen LogP contribution in [0.5, 0.6) is 5.75 Å². The molecule has 0 bridgehead atoms. The van der Waals surface area contributed by atoms with E-state index in [4.69, 9.17) is 0 Å². The molecular formula is C16H16O3. The van der Waals surface area contributed by atoms with Gasteiger partial charge in [-0.25, -0.2) is 0 Å². The summed E-state index contributed by atoms with van der Waals surface area (Å²) in [6.07, 6.45) is -1.02. The van der Waals surface area contributed by atoms with Gasteiger partial charge >= 0.3 is 0 Å². The van der Waals surface area contributed by atoms with Crippen LogP contribution in [-0.2, 0) is 0 Å². The molecule has 0 saturated heterocycles. The van der Waals surface area contributed by atoms with Crippen molar-refractivity contribution < 1.29 is 15.0 Å². The molecule has 2 atom stereocenters. The third kappa shape index (κ3) is 2.83. The molecule has 3 nitrogen and oxygen atoms in total. The van der Waals surface area contributed by atoms with E-state index in [2.05, 4.69) is 0 Å². The number of aliphatic hydroxyl groups excluding tert-OH is 1. The fourth-order valence-electron chi connectivity index (χ4n) is 2.02. The van der Waals surface area contributed by atoms with E-state index in [-0.39, 0.29) is 11.5 Å². The molecule has 0 aromatic heterocycles. The highest BCUT2D eigenvalue weighted by Crippen LogP contribution is 2.30. The van der Waals surface area contributed by atoms with Crippen LogP contribution in [0.25, 0.3) is 0 Å². The van der Waals surface area contributed by atoms with E-state index in [9.17, 15) is 15.0 Å². The third-order valence-electron chi connectivity index (χ3n) is 3.20. The monoisotopic (exact) mass is 256 g/mol. The van der Waals surface area contributed by atoms with Crippen molar-refractivity contribution in [2.24, 2.45) is 5.92 Å². The number of phenols is 1. The number of benzene rings is 2. The first kappa shape index (κ1) is 13.3. The Labute approximate surface area is 112 Å². The normalized spacial score (nSPS) is 13.8. The number of hydrogen-bond acceptors (Lipinski definition) is 3. The highest BCUT2D eigenvalue weighted by atomic mass is 16.3. The minimum Gasteiger partial charge on any atom is -0.508 e. The number of aliphatic hydroxyl groups is 1. The summed E-state index contributed by atoms with van der Waals surface area (Å²) in [5.74, 6) is -0.755. The summed E-state index contributed by atoms with van der Waals surface area (Å²) in [5, 5.41) is 19.9. The van der Waals surface area contributed by atoms with Gasteiger partial charge in [-0.15, -0.1) is 0 Å². The minimum absolute atomic E-state index is 0.00251. The predicted octanol–water partition coefficient (Wildman–Crippen LogP) is 2.94. The second-order valence-corrected chi connectivity index (χ2v) is 4.52. The molecule has 0 aliphatic heterocycles. The summed E-state index contributed by atoms with van der Waals surface area (Å²) in [4.78, 5) is 12.2. The molecule has 2 N–H and O–H groups in total. The first-order valence-electron chi connectivity index (χ1n) is 6.16. The summed E-state index contributed by atoms with van der Waals surface area (Å²) in [5.41, 5.74) is 0.934. The number of ketones is 1. The lowest BCUT2D eigenvalue weighted by atomic mass is 9.90. The standard InChI is InChI=1S/C16H16O3/c1-11(15(18)12-7-3-2-4-8-12)16(19)13-9-5-6-10-14(13)17/h2-11,16-17,19H,1H3/t11-,16-/m0/s1. The molecule has 0 radical (unpaired) electrons. The maximum Gasteiger partial charge on any atom is 0.168 e. The van der Waals surface area contributed by atoms with Gasteiger partial charge < -0.3 is 10.2 Å². The maximum atomic E-state index is 12.2. The van der Waals surface area contributed by atoms with E-state index in [0.717, 1.165) is 0 Å². The van der Waals surface area contributed by atoms with Gasteiger partial charge in [0.15, 0.2) is 5.78 Å². The fraction of sp³-hybridized carbons (Fsp3) is 0.188. The van der Waals surface area contributed by atoms with Crippen LogP contribution >= 0.6 is 0 Å². The van der Waals surface area contributed by atoms with E-state index in [1.807, 2.05) is 6.07 Å². The zero-order valence-corrected chi connectivity index (χ0v) is 10.7. The first-order valence-corrected chi connectivity index (χ1v) is 6.16. The Morgan fingerprint density at radius 1 is 1.00 bits per heavy atom. The van der Waals surface area contributed by atoms with Crippen LogP contribution in [-0.4, -0.2) is 16.0 Å². The highest BCUT2D eigenvalue weighted by Gasteiger charge is 2.26. The number of carbonyl (C=O) groups excluding carboxylic acids is 1. The van der Waals surface area contributed by atoms with E-state index in [0.29, 0.717) is 11.1 Å². The zero-order valence-electron chi connectivity index (χ0n) is 10.7. The summed E-state index contributed by atoms with van der Waals surface area (Å²) < 4.78 is 0. The van der Waals surface area contributed by atoms with E-state index in [1.54, 1.807) is 49.4 Å². The summed E-state index contributed by atoms with van der Waals surface area (Å²) in [7, 11) is 0. The predicted molar refractivity (Wildman–Crippen MR) is 73.0 cm³/mol. The highest BCUT2D eigenvalue weighted by molar-refractivity contribution is 5.98. The molecule has 0 amide bonds. The smallest absolute Gasteiger partial charge is 0.168 e. The Balaban J connectivity index is 2.23. The van der Waals surface area contributed by atoms with Crippen molar-refractivity contribution in [2.45, 2.75) is 13.0 Å². The van der Waals surface area contributed by atoms with Crippen molar-refractivity contribution in [3.8, 4) is 5.75 Å². The Morgan fingerprint density at radius 2 is 1.58 bits per heavy atom. The van der Waals surface area contributed by atoms with Crippen LogP contribution < -0.4 is 0 Å². The molecule has 0 spiro atoms. The van der Waals surface area contributed by atoms with Crippen LogP contribution in [0.1, 0.15) is 28.9 Å². The van der Waals surface area contributed by atoms with Crippen molar-refractivity contribution in [1.82, 2.24) is 0 Å². The molecule has 0 saturated carbocycles. The van der Waals surface area contributed by atoms with Gasteiger partial charge in [-0.1, -0.05) is 55.5 Å². The number of carbonyl (C=O) groups is 1. The van der Waals surface area contributed by atoms with Crippen LogP contribution in [0, 0.1) is 5.92 Å². The lowest BCUT2D eigenvalue weighted by Crippen LogP contribution is -2.19. The molecule has 0 aliphatic carbocycles. The van der Waals surface area contributed by atoms with Crippen molar-refractivity contribution in [2.75, 3.05) is 0 Å². The van der Waals surface area contributed by atoms with E-state index >= 15 is 0 Å². The van der Waals surface area contributed by atoms with Gasteiger partial charge in [-0.05, 0) is 6.07 Å². The first-order chi connectivity index (χ1) is 9.11. The number of aromatic hydroxyl groups is 1. The molecule has 0 heterocycles. The van der Waals surface area contributed by atoms with Crippen LogP contribution in [0.4, 0.5) is 0 Å². The SMILES string of the molecule is C[C@@H](C(=O)c1ccccc1)[C@H](O)c1ccccc1O. The maximum absolute atomic E-state index is 12.2. The average Bonchev–Trinajstić information content (AvgIpc) is 2.46. The second-order valence-electron chi connectivity index (χ2n) is 4.52.